The third-order valence-corrected chi connectivity index (χ3v) is 3.95. The van der Waals surface area contributed by atoms with Crippen LogP contribution in [0.1, 0.15) is 34.5 Å². The molecule has 2 heterocycles. The van der Waals surface area contributed by atoms with Crippen LogP contribution >= 0.6 is 0 Å². The van der Waals surface area contributed by atoms with Gasteiger partial charge in [0.15, 0.2) is 0 Å². The normalized spacial score (nSPS) is 14.4. The SMILES string of the molecule is O=C(NC1CC1)c1cc(F)c2[nH]nc(/C=C/c3cccnc3)c2c1. The molecule has 0 bridgehead atoms. The number of rotatable bonds is 4. The Morgan fingerprint density at radius 2 is 2.21 bits per heavy atom. The number of halogens is 1. The lowest BCUT2D eigenvalue weighted by Crippen LogP contribution is -2.25. The highest BCUT2D eigenvalue weighted by atomic mass is 19.1. The molecule has 1 amide bonds. The molecule has 5 nitrogen and oxygen atoms in total. The molecule has 1 saturated carbocycles. The predicted molar refractivity (Wildman–Crippen MR) is 89.7 cm³/mol. The molecule has 2 aromatic heterocycles. The minimum atomic E-state index is -0.484. The number of nitrogens with zero attached hydrogens (tertiary/aromatic N) is 2. The second-order valence-corrected chi connectivity index (χ2v) is 5.86. The monoisotopic (exact) mass is 322 g/mol. The zero-order valence-electron chi connectivity index (χ0n) is 12.8. The molecule has 2 N–H and O–H groups in total. The van der Waals surface area contributed by atoms with Crippen LogP contribution in [0.3, 0.4) is 0 Å². The van der Waals surface area contributed by atoms with Gasteiger partial charge in [-0.05, 0) is 42.7 Å². The van der Waals surface area contributed by atoms with Crippen LogP contribution in [0.4, 0.5) is 4.39 Å². The molecule has 1 fully saturated rings. The van der Waals surface area contributed by atoms with Gasteiger partial charge in [0.2, 0.25) is 0 Å². The van der Waals surface area contributed by atoms with Crippen molar-refractivity contribution in [3.8, 4) is 0 Å². The maximum Gasteiger partial charge on any atom is 0.251 e. The lowest BCUT2D eigenvalue weighted by Gasteiger charge is -2.04. The first-order chi connectivity index (χ1) is 11.7. The van der Waals surface area contributed by atoms with E-state index in [0.29, 0.717) is 22.2 Å². The van der Waals surface area contributed by atoms with Crippen molar-refractivity contribution in [1.29, 1.82) is 0 Å². The molecule has 1 aliphatic rings. The van der Waals surface area contributed by atoms with Crippen LogP contribution in [0.2, 0.25) is 0 Å². The molecule has 24 heavy (non-hydrogen) atoms. The van der Waals surface area contributed by atoms with Gasteiger partial charge < -0.3 is 5.32 Å². The van der Waals surface area contributed by atoms with Crippen molar-refractivity contribution in [1.82, 2.24) is 20.5 Å². The van der Waals surface area contributed by atoms with Crippen LogP contribution in [-0.4, -0.2) is 27.1 Å². The Hall–Kier alpha value is -3.02. The van der Waals surface area contributed by atoms with E-state index in [-0.39, 0.29) is 11.9 Å². The number of aromatic nitrogens is 3. The topological polar surface area (TPSA) is 70.7 Å². The average molecular weight is 322 g/mol. The molecule has 1 aliphatic carbocycles. The Morgan fingerprint density at radius 3 is 2.96 bits per heavy atom. The zero-order chi connectivity index (χ0) is 16.5. The van der Waals surface area contributed by atoms with E-state index in [2.05, 4.69) is 20.5 Å². The van der Waals surface area contributed by atoms with Crippen molar-refractivity contribution in [3.05, 3.63) is 59.3 Å². The van der Waals surface area contributed by atoms with E-state index in [9.17, 15) is 9.18 Å². The second-order valence-electron chi connectivity index (χ2n) is 5.86. The van der Waals surface area contributed by atoms with E-state index in [1.165, 1.54) is 6.07 Å². The second kappa shape index (κ2) is 5.88. The number of aromatic amines is 1. The molecule has 0 atom stereocenters. The number of hydrogen-bond acceptors (Lipinski definition) is 3. The number of pyridine rings is 1. The molecular weight excluding hydrogens is 307 g/mol. The third kappa shape index (κ3) is 2.90. The summed E-state index contributed by atoms with van der Waals surface area (Å²) in [5.41, 5.74) is 2.10. The van der Waals surface area contributed by atoms with Crippen LogP contribution < -0.4 is 5.32 Å². The minimum Gasteiger partial charge on any atom is -0.349 e. The Kier molecular flexibility index (Phi) is 3.57. The average Bonchev–Trinajstić information content (AvgIpc) is 3.31. The lowest BCUT2D eigenvalue weighted by molar-refractivity contribution is 0.0951. The van der Waals surface area contributed by atoms with Gasteiger partial charge in [-0.1, -0.05) is 12.1 Å². The van der Waals surface area contributed by atoms with Gasteiger partial charge >= 0.3 is 0 Å². The largest absolute Gasteiger partial charge is 0.349 e. The molecule has 0 unspecified atom stereocenters. The first kappa shape index (κ1) is 14.6. The van der Waals surface area contributed by atoms with Crippen LogP contribution in [-0.2, 0) is 0 Å². The number of hydrogen-bond donors (Lipinski definition) is 2. The van der Waals surface area contributed by atoms with E-state index >= 15 is 0 Å². The molecular formula is C18H15FN4O. The van der Waals surface area contributed by atoms with Crippen molar-refractivity contribution < 1.29 is 9.18 Å². The Balaban J connectivity index is 1.69. The molecule has 0 spiro atoms. The molecule has 6 heteroatoms. The Labute approximate surface area is 137 Å². The van der Waals surface area contributed by atoms with Crippen molar-refractivity contribution in [2.45, 2.75) is 18.9 Å². The molecule has 1 aromatic carbocycles. The highest BCUT2D eigenvalue weighted by Crippen LogP contribution is 2.24. The van der Waals surface area contributed by atoms with Crippen LogP contribution in [0.5, 0.6) is 0 Å². The Morgan fingerprint density at radius 1 is 1.33 bits per heavy atom. The van der Waals surface area contributed by atoms with E-state index < -0.39 is 5.82 Å². The summed E-state index contributed by atoms with van der Waals surface area (Å²) < 4.78 is 14.3. The number of fused-ring (bicyclic) bond motifs is 1. The van der Waals surface area contributed by atoms with E-state index in [0.717, 1.165) is 18.4 Å². The highest BCUT2D eigenvalue weighted by molar-refractivity contribution is 6.00. The van der Waals surface area contributed by atoms with Gasteiger partial charge in [0.1, 0.15) is 11.3 Å². The lowest BCUT2D eigenvalue weighted by atomic mass is 10.1. The van der Waals surface area contributed by atoms with Crippen LogP contribution in [0.25, 0.3) is 23.1 Å². The fourth-order valence-corrected chi connectivity index (χ4v) is 2.50. The maximum atomic E-state index is 14.3. The summed E-state index contributed by atoms with van der Waals surface area (Å²) >= 11 is 0. The van der Waals surface area contributed by atoms with Crippen LogP contribution in [0.15, 0.2) is 36.7 Å². The van der Waals surface area contributed by atoms with Gasteiger partial charge in [-0.2, -0.15) is 5.10 Å². The number of nitrogens with one attached hydrogen (secondary N) is 2. The van der Waals surface area contributed by atoms with Gasteiger partial charge in [0.25, 0.3) is 5.91 Å². The van der Waals surface area contributed by atoms with E-state index in [1.54, 1.807) is 24.5 Å². The summed E-state index contributed by atoms with van der Waals surface area (Å²) in [7, 11) is 0. The first-order valence-electron chi connectivity index (χ1n) is 7.77. The van der Waals surface area contributed by atoms with E-state index in [1.807, 2.05) is 18.2 Å². The van der Waals surface area contributed by atoms with Gasteiger partial charge in [0.05, 0.1) is 5.69 Å². The summed E-state index contributed by atoms with van der Waals surface area (Å²) in [6.45, 7) is 0. The fourth-order valence-electron chi connectivity index (χ4n) is 2.50. The smallest absolute Gasteiger partial charge is 0.251 e. The third-order valence-electron chi connectivity index (χ3n) is 3.95. The quantitative estimate of drug-likeness (QED) is 0.775. The molecule has 0 saturated heterocycles. The summed E-state index contributed by atoms with van der Waals surface area (Å²) in [5, 5.41) is 10.3. The summed E-state index contributed by atoms with van der Waals surface area (Å²) in [6.07, 6.45) is 9.01. The first-order valence-corrected chi connectivity index (χ1v) is 7.77. The van der Waals surface area contributed by atoms with E-state index in [4.69, 9.17) is 0 Å². The van der Waals surface area contributed by atoms with Crippen molar-refractivity contribution in [3.63, 3.8) is 0 Å². The number of benzene rings is 1. The standard InChI is InChI=1S/C18H15FN4O/c19-15-9-12(18(24)21-13-4-5-13)8-14-16(22-23-17(14)15)6-3-11-2-1-7-20-10-11/h1-3,6-10,13H,4-5H2,(H,21,24)(H,22,23)/b6-3+. The predicted octanol–water partition coefficient (Wildman–Crippen LogP) is 3.16. The zero-order valence-corrected chi connectivity index (χ0v) is 12.8. The van der Waals surface area contributed by atoms with Crippen LogP contribution in [0, 0.1) is 5.82 Å². The van der Waals surface area contributed by atoms with Crippen molar-refractivity contribution in [2.75, 3.05) is 0 Å². The molecule has 0 radical (unpaired) electrons. The van der Waals surface area contributed by atoms with Crippen molar-refractivity contribution in [2.24, 2.45) is 0 Å². The number of amides is 1. The van der Waals surface area contributed by atoms with Gasteiger partial charge in [-0.15, -0.1) is 0 Å². The molecule has 0 aliphatic heterocycles. The summed E-state index contributed by atoms with van der Waals surface area (Å²) in [5.74, 6) is -0.733. The van der Waals surface area contributed by atoms with Gasteiger partial charge in [-0.3, -0.25) is 14.9 Å². The summed E-state index contributed by atoms with van der Waals surface area (Å²) in [4.78, 5) is 16.2. The Bertz CT molecular complexity index is 929. The van der Waals surface area contributed by atoms with Gasteiger partial charge in [-0.25, -0.2) is 4.39 Å². The minimum absolute atomic E-state index is 0.227. The number of carbonyl (C=O) groups excluding carboxylic acids is 1. The molecule has 4 rings (SSSR count). The molecule has 3 aromatic rings. The maximum absolute atomic E-state index is 14.3. The molecule has 120 valence electrons. The number of H-pyrrole nitrogens is 1. The summed E-state index contributed by atoms with van der Waals surface area (Å²) in [6, 6.07) is 6.89. The fraction of sp³-hybridized carbons (Fsp3) is 0.167. The van der Waals surface area contributed by atoms with Crippen molar-refractivity contribution >= 4 is 29.0 Å². The number of carbonyl (C=O) groups is 1. The van der Waals surface area contributed by atoms with Gasteiger partial charge in [0, 0.05) is 29.4 Å². The highest BCUT2D eigenvalue weighted by Gasteiger charge is 2.24.